The lowest BCUT2D eigenvalue weighted by Crippen LogP contribution is -2.56. The molecule has 0 saturated carbocycles. The molecule has 8 heteroatoms. The summed E-state index contributed by atoms with van der Waals surface area (Å²) in [5.41, 5.74) is -0.951. The van der Waals surface area contributed by atoms with Gasteiger partial charge in [-0.25, -0.2) is 4.98 Å². The molecule has 0 spiro atoms. The first-order valence-corrected chi connectivity index (χ1v) is 10.9. The highest BCUT2D eigenvalue weighted by Crippen LogP contribution is 2.24. The van der Waals surface area contributed by atoms with Crippen molar-refractivity contribution in [1.82, 2.24) is 14.9 Å². The van der Waals surface area contributed by atoms with Crippen molar-refractivity contribution in [3.05, 3.63) is 41.6 Å². The van der Waals surface area contributed by atoms with Crippen LogP contribution in [0.2, 0.25) is 5.02 Å². The molecule has 7 nitrogen and oxygen atoms in total. The number of hydrogen-bond donors (Lipinski definition) is 0. The van der Waals surface area contributed by atoms with Crippen molar-refractivity contribution in [3.8, 4) is 5.75 Å². The summed E-state index contributed by atoms with van der Waals surface area (Å²) in [6.45, 7) is 8.40. The van der Waals surface area contributed by atoms with Gasteiger partial charge in [0.25, 0.3) is 5.91 Å². The number of aromatic nitrogens is 2. The Balaban J connectivity index is 1.36. The van der Waals surface area contributed by atoms with Gasteiger partial charge in [0.2, 0.25) is 5.95 Å². The highest BCUT2D eigenvalue weighted by molar-refractivity contribution is 6.30. The number of rotatable bonds is 5. The highest BCUT2D eigenvalue weighted by Gasteiger charge is 2.36. The van der Waals surface area contributed by atoms with Gasteiger partial charge in [-0.1, -0.05) is 11.6 Å². The zero-order valence-electron chi connectivity index (χ0n) is 17.6. The van der Waals surface area contributed by atoms with Gasteiger partial charge in [-0.3, -0.25) is 4.79 Å². The molecule has 0 unspecified atom stereocenters. The predicted molar refractivity (Wildman–Crippen MR) is 118 cm³/mol. The summed E-state index contributed by atoms with van der Waals surface area (Å²) in [4.78, 5) is 28.6. The summed E-state index contributed by atoms with van der Waals surface area (Å²) < 4.78 is 5.97. The first kappa shape index (κ1) is 20.7. The fraction of sp³-hybridized carbons (Fsp3) is 0.500. The monoisotopic (exact) mass is 429 g/mol. The average Bonchev–Trinajstić information content (AvgIpc) is 3.30. The minimum absolute atomic E-state index is 0.0162. The SMILES string of the molecule is CC(C)(Oc1ccc(Cl)cc1)C(=O)N1CCN(c2ccnc(N3CCCC3)n2)CC1. The molecule has 4 rings (SSSR count). The molecule has 0 N–H and O–H groups in total. The second-order valence-electron chi connectivity index (χ2n) is 8.25. The number of halogens is 1. The van der Waals surface area contributed by atoms with E-state index in [0.29, 0.717) is 23.9 Å². The lowest BCUT2D eigenvalue weighted by molar-refractivity contribution is -0.145. The fourth-order valence-electron chi connectivity index (χ4n) is 3.95. The van der Waals surface area contributed by atoms with Crippen molar-refractivity contribution >= 4 is 29.3 Å². The normalized spacial score (nSPS) is 17.4. The molecule has 2 fully saturated rings. The number of ether oxygens (including phenoxy) is 1. The van der Waals surface area contributed by atoms with Crippen molar-refractivity contribution in [2.45, 2.75) is 32.3 Å². The zero-order valence-corrected chi connectivity index (χ0v) is 18.3. The van der Waals surface area contributed by atoms with E-state index in [0.717, 1.165) is 37.9 Å². The Morgan fingerprint density at radius 2 is 1.63 bits per heavy atom. The van der Waals surface area contributed by atoms with E-state index in [1.165, 1.54) is 12.8 Å². The minimum Gasteiger partial charge on any atom is -0.478 e. The van der Waals surface area contributed by atoms with Gasteiger partial charge >= 0.3 is 0 Å². The van der Waals surface area contributed by atoms with Gasteiger partial charge in [0, 0.05) is 50.5 Å². The van der Waals surface area contributed by atoms with Crippen LogP contribution in [0.5, 0.6) is 5.75 Å². The van der Waals surface area contributed by atoms with Crippen molar-refractivity contribution < 1.29 is 9.53 Å². The second-order valence-corrected chi connectivity index (χ2v) is 8.69. The Kier molecular flexibility index (Phi) is 5.99. The van der Waals surface area contributed by atoms with Gasteiger partial charge in [-0.05, 0) is 57.0 Å². The molecule has 1 aromatic heterocycles. The van der Waals surface area contributed by atoms with Gasteiger partial charge in [0.15, 0.2) is 5.60 Å². The first-order chi connectivity index (χ1) is 14.4. The molecule has 0 bridgehead atoms. The van der Waals surface area contributed by atoms with Gasteiger partial charge in [-0.2, -0.15) is 4.98 Å². The van der Waals surface area contributed by atoms with Gasteiger partial charge in [0.05, 0.1) is 0 Å². The molecule has 0 radical (unpaired) electrons. The summed E-state index contributed by atoms with van der Waals surface area (Å²) in [6.07, 6.45) is 4.22. The van der Waals surface area contributed by atoms with Gasteiger partial charge in [0.1, 0.15) is 11.6 Å². The second kappa shape index (κ2) is 8.68. The van der Waals surface area contributed by atoms with Crippen molar-refractivity contribution in [2.75, 3.05) is 49.1 Å². The van der Waals surface area contributed by atoms with Crippen LogP contribution in [-0.2, 0) is 4.79 Å². The van der Waals surface area contributed by atoms with E-state index in [1.807, 2.05) is 31.0 Å². The molecule has 2 aliphatic rings. The number of carbonyl (C=O) groups is 1. The van der Waals surface area contributed by atoms with Crippen LogP contribution in [0, 0.1) is 0 Å². The van der Waals surface area contributed by atoms with Crippen LogP contribution in [0.25, 0.3) is 0 Å². The fourth-order valence-corrected chi connectivity index (χ4v) is 4.07. The number of benzene rings is 1. The smallest absolute Gasteiger partial charge is 0.266 e. The molecule has 160 valence electrons. The summed E-state index contributed by atoms with van der Waals surface area (Å²) in [5.74, 6) is 2.35. The molecule has 0 aliphatic carbocycles. The van der Waals surface area contributed by atoms with Crippen molar-refractivity contribution in [1.29, 1.82) is 0 Å². The lowest BCUT2D eigenvalue weighted by atomic mass is 10.1. The first-order valence-electron chi connectivity index (χ1n) is 10.5. The summed E-state index contributed by atoms with van der Waals surface area (Å²) >= 11 is 5.93. The molecule has 1 aromatic carbocycles. The van der Waals surface area contributed by atoms with E-state index < -0.39 is 5.60 Å². The Bertz CT molecular complexity index is 875. The Labute approximate surface area is 182 Å². The van der Waals surface area contributed by atoms with Crippen molar-refractivity contribution in [2.24, 2.45) is 0 Å². The number of amides is 1. The molecule has 0 atom stereocenters. The number of piperazine rings is 1. The Morgan fingerprint density at radius 3 is 2.30 bits per heavy atom. The number of nitrogens with zero attached hydrogens (tertiary/aromatic N) is 5. The van der Waals surface area contributed by atoms with E-state index >= 15 is 0 Å². The third-order valence-electron chi connectivity index (χ3n) is 5.61. The standard InChI is InChI=1S/C22H28ClN5O2/c1-22(2,30-18-7-5-17(23)6-8-18)20(29)27-15-13-26(14-16-27)19-9-10-24-21(25-19)28-11-3-4-12-28/h5-10H,3-4,11-16H2,1-2H3. The minimum atomic E-state index is -0.951. The number of anilines is 2. The van der Waals surface area contributed by atoms with E-state index in [2.05, 4.69) is 14.8 Å². The third-order valence-corrected chi connectivity index (χ3v) is 5.86. The van der Waals surface area contributed by atoms with Gasteiger partial charge in [-0.15, -0.1) is 0 Å². The molecule has 2 saturated heterocycles. The predicted octanol–water partition coefficient (Wildman–Crippen LogP) is 3.24. The molecule has 30 heavy (non-hydrogen) atoms. The van der Waals surface area contributed by atoms with Crippen LogP contribution in [0.4, 0.5) is 11.8 Å². The third kappa shape index (κ3) is 4.61. The summed E-state index contributed by atoms with van der Waals surface area (Å²) in [7, 11) is 0. The molecule has 2 aliphatic heterocycles. The van der Waals surface area contributed by atoms with Crippen LogP contribution in [0.15, 0.2) is 36.5 Å². The van der Waals surface area contributed by atoms with Crippen LogP contribution >= 0.6 is 11.6 Å². The topological polar surface area (TPSA) is 61.8 Å². The average molecular weight is 430 g/mol. The largest absolute Gasteiger partial charge is 0.478 e. The maximum absolute atomic E-state index is 13.1. The quantitative estimate of drug-likeness (QED) is 0.727. The van der Waals surface area contributed by atoms with E-state index in [-0.39, 0.29) is 5.91 Å². The van der Waals surface area contributed by atoms with E-state index in [1.54, 1.807) is 24.3 Å². The highest BCUT2D eigenvalue weighted by atomic mass is 35.5. The molecule has 2 aromatic rings. The molecular formula is C22H28ClN5O2. The Morgan fingerprint density at radius 1 is 0.967 bits per heavy atom. The van der Waals surface area contributed by atoms with Crippen LogP contribution in [0.1, 0.15) is 26.7 Å². The maximum Gasteiger partial charge on any atom is 0.266 e. The van der Waals surface area contributed by atoms with E-state index in [4.69, 9.17) is 21.3 Å². The van der Waals surface area contributed by atoms with Gasteiger partial charge < -0.3 is 19.4 Å². The maximum atomic E-state index is 13.1. The molecular weight excluding hydrogens is 402 g/mol. The van der Waals surface area contributed by atoms with Crippen molar-refractivity contribution in [3.63, 3.8) is 0 Å². The summed E-state index contributed by atoms with van der Waals surface area (Å²) in [5, 5.41) is 0.639. The lowest BCUT2D eigenvalue weighted by Gasteiger charge is -2.39. The van der Waals surface area contributed by atoms with Crippen LogP contribution < -0.4 is 14.5 Å². The Hall–Kier alpha value is -2.54. The molecule has 1 amide bonds. The van der Waals surface area contributed by atoms with E-state index in [9.17, 15) is 4.79 Å². The molecule has 3 heterocycles. The summed E-state index contributed by atoms with van der Waals surface area (Å²) in [6, 6.07) is 9.03. The van der Waals surface area contributed by atoms with Crippen LogP contribution in [0.3, 0.4) is 0 Å². The number of hydrogen-bond acceptors (Lipinski definition) is 6. The zero-order chi connectivity index (χ0) is 21.1. The number of carbonyl (C=O) groups excluding carboxylic acids is 1. The van der Waals surface area contributed by atoms with Crippen LogP contribution in [-0.4, -0.2) is 65.6 Å².